The minimum Gasteiger partial charge on any atom is -0.393 e. The Morgan fingerprint density at radius 3 is 2.71 bits per heavy atom. The molecule has 4 unspecified atom stereocenters. The van der Waals surface area contributed by atoms with Gasteiger partial charge < -0.3 is 9.84 Å². The second kappa shape index (κ2) is 6.75. The van der Waals surface area contributed by atoms with Gasteiger partial charge in [0.25, 0.3) is 0 Å². The Bertz CT molecular complexity index is 211. The third kappa shape index (κ3) is 3.69. The van der Waals surface area contributed by atoms with Crippen LogP contribution in [0.1, 0.15) is 64.7 Å². The molecule has 0 aromatic carbocycles. The summed E-state index contributed by atoms with van der Waals surface area (Å²) in [5, 5.41) is 10.4. The van der Waals surface area contributed by atoms with Gasteiger partial charge in [-0.1, -0.05) is 32.6 Å². The molecule has 0 bridgehead atoms. The maximum atomic E-state index is 10.4. The summed E-state index contributed by atoms with van der Waals surface area (Å²) in [5.74, 6) is 1.33. The van der Waals surface area contributed by atoms with Crippen molar-refractivity contribution in [1.82, 2.24) is 0 Å². The number of hydrogen-bond acceptors (Lipinski definition) is 2. The number of hydrogen-bond donors (Lipinski definition) is 1. The minimum atomic E-state index is -0.0792. The summed E-state index contributed by atoms with van der Waals surface area (Å²) in [7, 11) is 0. The smallest absolute Gasteiger partial charge is 0.0577 e. The highest BCUT2D eigenvalue weighted by Crippen LogP contribution is 2.36. The maximum absolute atomic E-state index is 10.4. The second-order valence-electron chi connectivity index (χ2n) is 5.90. The van der Waals surface area contributed by atoms with E-state index in [0.717, 1.165) is 25.4 Å². The number of ether oxygens (including phenoxy) is 1. The van der Waals surface area contributed by atoms with Crippen molar-refractivity contribution in [2.24, 2.45) is 11.8 Å². The zero-order valence-electron chi connectivity index (χ0n) is 11.2. The van der Waals surface area contributed by atoms with Crippen LogP contribution >= 0.6 is 0 Å². The summed E-state index contributed by atoms with van der Waals surface area (Å²) in [4.78, 5) is 0. The molecule has 1 N–H and O–H groups in total. The molecule has 1 aliphatic carbocycles. The van der Waals surface area contributed by atoms with Crippen molar-refractivity contribution in [3.05, 3.63) is 0 Å². The predicted molar refractivity (Wildman–Crippen MR) is 70.0 cm³/mol. The van der Waals surface area contributed by atoms with E-state index in [1.807, 2.05) is 0 Å². The Morgan fingerprint density at radius 1 is 1.18 bits per heavy atom. The summed E-state index contributed by atoms with van der Waals surface area (Å²) >= 11 is 0. The quantitative estimate of drug-likeness (QED) is 0.796. The van der Waals surface area contributed by atoms with Crippen LogP contribution in [0.3, 0.4) is 0 Å². The summed E-state index contributed by atoms with van der Waals surface area (Å²) in [6.45, 7) is 3.21. The molecule has 1 heterocycles. The summed E-state index contributed by atoms with van der Waals surface area (Å²) in [6.07, 6.45) is 11.3. The van der Waals surface area contributed by atoms with Crippen molar-refractivity contribution in [1.29, 1.82) is 0 Å². The van der Waals surface area contributed by atoms with Gasteiger partial charge in [0.05, 0.1) is 12.2 Å². The van der Waals surface area contributed by atoms with Gasteiger partial charge in [0.2, 0.25) is 0 Å². The van der Waals surface area contributed by atoms with E-state index >= 15 is 0 Å². The largest absolute Gasteiger partial charge is 0.393 e. The molecule has 0 amide bonds. The van der Waals surface area contributed by atoms with Crippen molar-refractivity contribution in [2.75, 3.05) is 6.61 Å². The molecule has 4 atom stereocenters. The summed E-state index contributed by atoms with van der Waals surface area (Å²) in [5.41, 5.74) is 0. The van der Waals surface area contributed by atoms with Crippen LogP contribution in [-0.2, 0) is 4.74 Å². The normalized spacial score (nSPS) is 36.0. The molecule has 2 nitrogen and oxygen atoms in total. The Balaban J connectivity index is 1.74. The van der Waals surface area contributed by atoms with Crippen molar-refractivity contribution in [2.45, 2.75) is 76.9 Å². The van der Waals surface area contributed by atoms with Crippen LogP contribution in [0.5, 0.6) is 0 Å². The lowest BCUT2D eigenvalue weighted by molar-refractivity contribution is 0.0229. The molecule has 0 aromatic heterocycles. The third-order valence-electron chi connectivity index (χ3n) is 4.79. The molecule has 0 radical (unpaired) electrons. The van der Waals surface area contributed by atoms with Gasteiger partial charge in [-0.2, -0.15) is 0 Å². The molecule has 2 fully saturated rings. The van der Waals surface area contributed by atoms with Gasteiger partial charge in [-0.3, -0.25) is 0 Å². The average molecular weight is 240 g/mol. The molecule has 1 aliphatic heterocycles. The van der Waals surface area contributed by atoms with Gasteiger partial charge in [0.1, 0.15) is 0 Å². The van der Waals surface area contributed by atoms with Crippen molar-refractivity contribution < 1.29 is 9.84 Å². The zero-order chi connectivity index (χ0) is 12.1. The highest BCUT2D eigenvalue weighted by Gasteiger charge is 2.30. The fourth-order valence-corrected chi connectivity index (χ4v) is 3.69. The Morgan fingerprint density at radius 2 is 2.00 bits per heavy atom. The minimum absolute atomic E-state index is 0.0792. The molecule has 0 spiro atoms. The fourth-order valence-electron chi connectivity index (χ4n) is 3.69. The summed E-state index contributed by atoms with van der Waals surface area (Å²) in [6, 6.07) is 0. The number of aliphatic hydroxyl groups is 1. The van der Waals surface area contributed by atoms with E-state index in [-0.39, 0.29) is 6.10 Å². The Kier molecular flexibility index (Phi) is 5.30. The molecule has 2 rings (SSSR count). The van der Waals surface area contributed by atoms with Gasteiger partial charge in [-0.25, -0.2) is 0 Å². The first-order valence-corrected chi connectivity index (χ1v) is 7.61. The van der Waals surface area contributed by atoms with E-state index in [4.69, 9.17) is 4.74 Å². The molecule has 17 heavy (non-hydrogen) atoms. The standard InChI is InChI=1S/C15H28O2/c1-2-12-6-3-4-8-14(12)15(16)10-9-13-7-5-11-17-13/h12-16H,2-11H2,1H3. The lowest BCUT2D eigenvalue weighted by Crippen LogP contribution is -2.31. The van der Waals surface area contributed by atoms with Gasteiger partial charge >= 0.3 is 0 Å². The Hall–Kier alpha value is -0.0800. The number of aliphatic hydroxyl groups excluding tert-OH is 1. The zero-order valence-corrected chi connectivity index (χ0v) is 11.2. The SMILES string of the molecule is CCC1CCCCC1C(O)CCC1CCCO1. The molecular weight excluding hydrogens is 212 g/mol. The first-order valence-electron chi connectivity index (χ1n) is 7.61. The van der Waals surface area contributed by atoms with Crippen LogP contribution in [0.25, 0.3) is 0 Å². The van der Waals surface area contributed by atoms with E-state index in [0.29, 0.717) is 12.0 Å². The van der Waals surface area contributed by atoms with Crippen LogP contribution < -0.4 is 0 Å². The third-order valence-corrected chi connectivity index (χ3v) is 4.79. The van der Waals surface area contributed by atoms with Gasteiger partial charge in [0, 0.05) is 6.61 Å². The van der Waals surface area contributed by atoms with E-state index in [1.54, 1.807) is 0 Å². The van der Waals surface area contributed by atoms with Crippen molar-refractivity contribution in [3.8, 4) is 0 Å². The summed E-state index contributed by atoms with van der Waals surface area (Å²) < 4.78 is 5.63. The van der Waals surface area contributed by atoms with Crippen LogP contribution in [-0.4, -0.2) is 23.9 Å². The number of rotatable bonds is 5. The molecular formula is C15H28O2. The molecule has 100 valence electrons. The van der Waals surface area contributed by atoms with Crippen LogP contribution in [0.2, 0.25) is 0 Å². The van der Waals surface area contributed by atoms with Gasteiger partial charge in [0.15, 0.2) is 0 Å². The highest BCUT2D eigenvalue weighted by atomic mass is 16.5. The Labute approximate surface area is 106 Å². The van der Waals surface area contributed by atoms with Crippen molar-refractivity contribution in [3.63, 3.8) is 0 Å². The predicted octanol–water partition coefficient (Wildman–Crippen LogP) is 3.52. The second-order valence-corrected chi connectivity index (χ2v) is 5.90. The van der Waals surface area contributed by atoms with Gasteiger partial charge in [-0.15, -0.1) is 0 Å². The molecule has 2 heteroatoms. The van der Waals surface area contributed by atoms with E-state index in [1.165, 1.54) is 44.9 Å². The van der Waals surface area contributed by atoms with Crippen LogP contribution in [0.4, 0.5) is 0 Å². The highest BCUT2D eigenvalue weighted by molar-refractivity contribution is 4.81. The molecule has 1 saturated heterocycles. The van der Waals surface area contributed by atoms with Crippen LogP contribution in [0, 0.1) is 11.8 Å². The lowest BCUT2D eigenvalue weighted by Gasteiger charge is -2.34. The maximum Gasteiger partial charge on any atom is 0.0577 e. The van der Waals surface area contributed by atoms with Crippen LogP contribution in [0.15, 0.2) is 0 Å². The van der Waals surface area contributed by atoms with Crippen molar-refractivity contribution >= 4 is 0 Å². The lowest BCUT2D eigenvalue weighted by atomic mass is 9.74. The molecule has 2 aliphatic rings. The first kappa shape index (κ1) is 13.4. The monoisotopic (exact) mass is 240 g/mol. The topological polar surface area (TPSA) is 29.5 Å². The average Bonchev–Trinajstić information content (AvgIpc) is 2.89. The first-order chi connectivity index (χ1) is 8.31. The fraction of sp³-hybridized carbons (Fsp3) is 1.00. The molecule has 0 aromatic rings. The van der Waals surface area contributed by atoms with E-state index in [9.17, 15) is 5.11 Å². The van der Waals surface area contributed by atoms with Gasteiger partial charge in [-0.05, 0) is 43.9 Å². The molecule has 1 saturated carbocycles. The van der Waals surface area contributed by atoms with E-state index < -0.39 is 0 Å². The van der Waals surface area contributed by atoms with E-state index in [2.05, 4.69) is 6.92 Å².